The average Bonchev–Trinajstić information content (AvgIpc) is 2.42. The Morgan fingerprint density at radius 1 is 1.11 bits per heavy atom. The molecule has 0 radical (unpaired) electrons. The van der Waals surface area contributed by atoms with E-state index < -0.39 is 0 Å². The molecule has 0 spiro atoms. The summed E-state index contributed by atoms with van der Waals surface area (Å²) < 4.78 is 0. The van der Waals surface area contributed by atoms with Gasteiger partial charge in [-0.05, 0) is 30.5 Å². The van der Waals surface area contributed by atoms with Crippen LogP contribution >= 0.6 is 11.6 Å². The fourth-order valence-corrected chi connectivity index (χ4v) is 2.00. The first-order valence-corrected chi connectivity index (χ1v) is 6.95. The van der Waals surface area contributed by atoms with Gasteiger partial charge in [0.05, 0.1) is 0 Å². The van der Waals surface area contributed by atoms with E-state index in [0.29, 0.717) is 0 Å². The SMILES string of the molecule is CCCc1cc(NCCc2ccc(Cl)cc2)ncn1. The Bertz CT molecular complexity index is 511. The van der Waals surface area contributed by atoms with Crippen LogP contribution in [0.3, 0.4) is 0 Å². The minimum absolute atomic E-state index is 0.775. The predicted molar refractivity (Wildman–Crippen MR) is 79.7 cm³/mol. The van der Waals surface area contributed by atoms with Crippen molar-refractivity contribution in [3.05, 3.63) is 52.9 Å². The Hall–Kier alpha value is -1.61. The second kappa shape index (κ2) is 7.10. The van der Waals surface area contributed by atoms with Crippen LogP contribution in [0.1, 0.15) is 24.6 Å². The van der Waals surface area contributed by atoms with Crippen LogP contribution in [0.4, 0.5) is 5.82 Å². The quantitative estimate of drug-likeness (QED) is 0.873. The number of halogens is 1. The predicted octanol–water partition coefficient (Wildman–Crippen LogP) is 3.74. The lowest BCUT2D eigenvalue weighted by atomic mass is 10.1. The van der Waals surface area contributed by atoms with E-state index in [1.807, 2.05) is 30.3 Å². The van der Waals surface area contributed by atoms with E-state index >= 15 is 0 Å². The number of hydrogen-bond acceptors (Lipinski definition) is 3. The number of nitrogens with zero attached hydrogens (tertiary/aromatic N) is 2. The second-order valence-corrected chi connectivity index (χ2v) is 4.88. The highest BCUT2D eigenvalue weighted by molar-refractivity contribution is 6.30. The molecule has 3 nitrogen and oxygen atoms in total. The van der Waals surface area contributed by atoms with Crippen LogP contribution in [-0.2, 0) is 12.8 Å². The Labute approximate surface area is 119 Å². The van der Waals surface area contributed by atoms with Crippen molar-refractivity contribution in [2.24, 2.45) is 0 Å². The Morgan fingerprint density at radius 3 is 2.63 bits per heavy atom. The van der Waals surface area contributed by atoms with Crippen LogP contribution in [-0.4, -0.2) is 16.5 Å². The minimum atomic E-state index is 0.775. The summed E-state index contributed by atoms with van der Waals surface area (Å²) in [7, 11) is 0. The molecule has 1 aromatic carbocycles. The molecule has 2 rings (SSSR count). The van der Waals surface area contributed by atoms with E-state index in [-0.39, 0.29) is 0 Å². The van der Waals surface area contributed by atoms with Crippen molar-refractivity contribution in [1.29, 1.82) is 0 Å². The summed E-state index contributed by atoms with van der Waals surface area (Å²) >= 11 is 5.86. The molecule has 1 heterocycles. The number of aryl methyl sites for hydroxylation is 1. The van der Waals surface area contributed by atoms with Gasteiger partial charge < -0.3 is 5.32 Å². The van der Waals surface area contributed by atoms with Gasteiger partial charge in [0, 0.05) is 23.3 Å². The van der Waals surface area contributed by atoms with Crippen LogP contribution in [0.25, 0.3) is 0 Å². The zero-order valence-electron chi connectivity index (χ0n) is 11.1. The monoisotopic (exact) mass is 275 g/mol. The maximum Gasteiger partial charge on any atom is 0.129 e. The molecular formula is C15H18ClN3. The average molecular weight is 276 g/mol. The Morgan fingerprint density at radius 2 is 1.89 bits per heavy atom. The maximum absolute atomic E-state index is 5.86. The Balaban J connectivity index is 1.85. The molecule has 0 aliphatic heterocycles. The molecule has 0 saturated heterocycles. The molecule has 100 valence electrons. The maximum atomic E-state index is 5.86. The molecule has 0 aliphatic carbocycles. The summed E-state index contributed by atoms with van der Waals surface area (Å²) in [5.74, 6) is 0.896. The summed E-state index contributed by atoms with van der Waals surface area (Å²) in [6, 6.07) is 9.95. The van der Waals surface area contributed by atoms with Crippen LogP contribution in [0, 0.1) is 0 Å². The standard InChI is InChI=1S/C15H18ClN3/c1-2-3-14-10-15(19-11-18-14)17-9-8-12-4-6-13(16)7-5-12/h4-7,10-11H,2-3,8-9H2,1H3,(H,17,18,19). The number of anilines is 1. The number of hydrogen-bond donors (Lipinski definition) is 1. The molecule has 2 aromatic rings. The van der Waals surface area contributed by atoms with E-state index in [9.17, 15) is 0 Å². The number of aromatic nitrogens is 2. The summed E-state index contributed by atoms with van der Waals surface area (Å²) in [5, 5.41) is 4.10. The molecule has 0 amide bonds. The molecule has 1 aromatic heterocycles. The largest absolute Gasteiger partial charge is 0.370 e. The first-order valence-electron chi connectivity index (χ1n) is 6.57. The minimum Gasteiger partial charge on any atom is -0.370 e. The van der Waals surface area contributed by atoms with Crippen LogP contribution in [0.5, 0.6) is 0 Å². The molecule has 0 bridgehead atoms. The van der Waals surface area contributed by atoms with Gasteiger partial charge >= 0.3 is 0 Å². The Kier molecular flexibility index (Phi) is 5.16. The van der Waals surface area contributed by atoms with Gasteiger partial charge in [0.15, 0.2) is 0 Å². The fraction of sp³-hybridized carbons (Fsp3) is 0.333. The molecule has 0 saturated carbocycles. The van der Waals surface area contributed by atoms with E-state index in [0.717, 1.165) is 42.3 Å². The number of benzene rings is 1. The van der Waals surface area contributed by atoms with Crippen LogP contribution < -0.4 is 5.32 Å². The lowest BCUT2D eigenvalue weighted by Crippen LogP contribution is -2.07. The van der Waals surface area contributed by atoms with E-state index in [1.165, 1.54) is 5.56 Å². The van der Waals surface area contributed by atoms with Crippen molar-refractivity contribution in [3.8, 4) is 0 Å². The molecule has 1 N–H and O–H groups in total. The lowest BCUT2D eigenvalue weighted by Gasteiger charge is -2.06. The topological polar surface area (TPSA) is 37.8 Å². The third-order valence-electron chi connectivity index (χ3n) is 2.86. The summed E-state index contributed by atoms with van der Waals surface area (Å²) in [4.78, 5) is 8.46. The summed E-state index contributed by atoms with van der Waals surface area (Å²) in [5.41, 5.74) is 2.35. The molecular weight excluding hydrogens is 258 g/mol. The highest BCUT2D eigenvalue weighted by atomic mass is 35.5. The zero-order chi connectivity index (χ0) is 13.5. The molecule has 0 unspecified atom stereocenters. The van der Waals surface area contributed by atoms with E-state index in [1.54, 1.807) is 6.33 Å². The van der Waals surface area contributed by atoms with Crippen LogP contribution in [0.15, 0.2) is 36.7 Å². The second-order valence-electron chi connectivity index (χ2n) is 4.45. The zero-order valence-corrected chi connectivity index (χ0v) is 11.8. The summed E-state index contributed by atoms with van der Waals surface area (Å²) in [6.45, 7) is 3.00. The van der Waals surface area contributed by atoms with Gasteiger partial charge in [-0.3, -0.25) is 0 Å². The van der Waals surface area contributed by atoms with Crippen molar-refractivity contribution in [2.75, 3.05) is 11.9 Å². The molecule has 4 heteroatoms. The number of nitrogens with one attached hydrogen (secondary N) is 1. The molecule has 0 aliphatic rings. The van der Waals surface area contributed by atoms with Gasteiger partial charge in [-0.2, -0.15) is 0 Å². The fourth-order valence-electron chi connectivity index (χ4n) is 1.87. The molecule has 19 heavy (non-hydrogen) atoms. The first kappa shape index (κ1) is 13.8. The van der Waals surface area contributed by atoms with E-state index in [4.69, 9.17) is 11.6 Å². The number of rotatable bonds is 6. The highest BCUT2D eigenvalue weighted by Crippen LogP contribution is 2.10. The van der Waals surface area contributed by atoms with Crippen molar-refractivity contribution in [3.63, 3.8) is 0 Å². The van der Waals surface area contributed by atoms with Gasteiger partial charge in [0.25, 0.3) is 0 Å². The first-order chi connectivity index (χ1) is 9.28. The van der Waals surface area contributed by atoms with Crippen LogP contribution in [0.2, 0.25) is 5.02 Å². The van der Waals surface area contributed by atoms with Gasteiger partial charge in [-0.1, -0.05) is 37.1 Å². The third kappa shape index (κ3) is 4.52. The smallest absolute Gasteiger partial charge is 0.129 e. The highest BCUT2D eigenvalue weighted by Gasteiger charge is 1.98. The summed E-state index contributed by atoms with van der Waals surface area (Å²) in [6.07, 6.45) is 4.66. The normalized spacial score (nSPS) is 10.4. The van der Waals surface area contributed by atoms with Gasteiger partial charge in [0.2, 0.25) is 0 Å². The van der Waals surface area contributed by atoms with Gasteiger partial charge in [0.1, 0.15) is 12.1 Å². The van der Waals surface area contributed by atoms with Crippen molar-refractivity contribution in [2.45, 2.75) is 26.2 Å². The van der Waals surface area contributed by atoms with Crippen molar-refractivity contribution < 1.29 is 0 Å². The molecule has 0 atom stereocenters. The van der Waals surface area contributed by atoms with Gasteiger partial charge in [-0.25, -0.2) is 9.97 Å². The van der Waals surface area contributed by atoms with Crippen molar-refractivity contribution in [1.82, 2.24) is 9.97 Å². The molecule has 0 fully saturated rings. The third-order valence-corrected chi connectivity index (χ3v) is 3.11. The van der Waals surface area contributed by atoms with Gasteiger partial charge in [-0.15, -0.1) is 0 Å². The van der Waals surface area contributed by atoms with E-state index in [2.05, 4.69) is 22.2 Å². The van der Waals surface area contributed by atoms with Crippen molar-refractivity contribution >= 4 is 17.4 Å². The lowest BCUT2D eigenvalue weighted by molar-refractivity contribution is 0.870.